The second kappa shape index (κ2) is 7.09. The second-order valence-electron chi connectivity index (χ2n) is 6.17. The normalized spacial score (nSPS) is 14.1. The Bertz CT molecular complexity index is 1030. The van der Waals surface area contributed by atoms with Gasteiger partial charge in [-0.1, -0.05) is 17.7 Å². The zero-order valence-corrected chi connectivity index (χ0v) is 15.9. The van der Waals surface area contributed by atoms with Crippen molar-refractivity contribution in [3.05, 3.63) is 58.2 Å². The van der Waals surface area contributed by atoms with Crippen molar-refractivity contribution < 1.29 is 14.3 Å². The van der Waals surface area contributed by atoms with E-state index in [2.05, 4.69) is 15.6 Å². The Labute approximate surface area is 164 Å². The molecule has 0 fully saturated rings. The number of carbonyl (C=O) groups excluding carboxylic acids is 2. The van der Waals surface area contributed by atoms with Gasteiger partial charge in [-0.05, 0) is 36.8 Å². The Balaban J connectivity index is 1.53. The van der Waals surface area contributed by atoms with Crippen molar-refractivity contribution in [3.63, 3.8) is 0 Å². The van der Waals surface area contributed by atoms with Crippen LogP contribution in [0.15, 0.2) is 42.7 Å². The first-order valence-electron chi connectivity index (χ1n) is 8.31. The third kappa shape index (κ3) is 3.56. The zero-order valence-electron chi connectivity index (χ0n) is 14.3. The minimum Gasteiger partial charge on any atom is -0.482 e. The lowest BCUT2D eigenvalue weighted by Gasteiger charge is -2.21. The molecule has 2 amide bonds. The highest BCUT2D eigenvalue weighted by Gasteiger charge is 2.20. The van der Waals surface area contributed by atoms with Gasteiger partial charge in [-0.15, -0.1) is 11.3 Å². The Hall–Kier alpha value is -2.77. The topological polar surface area (TPSA) is 83.2 Å². The number of hydrogen-bond acceptors (Lipinski definition) is 4. The van der Waals surface area contributed by atoms with Gasteiger partial charge in [0.25, 0.3) is 11.8 Å². The van der Waals surface area contributed by atoms with Gasteiger partial charge in [-0.2, -0.15) is 0 Å². The van der Waals surface area contributed by atoms with E-state index in [0.717, 1.165) is 16.0 Å². The molecule has 1 aromatic carbocycles. The van der Waals surface area contributed by atoms with Crippen LogP contribution in [0.1, 0.15) is 28.9 Å². The lowest BCUT2D eigenvalue weighted by molar-refractivity contribution is -0.118. The van der Waals surface area contributed by atoms with Crippen LogP contribution in [0.2, 0.25) is 4.34 Å². The van der Waals surface area contributed by atoms with Crippen LogP contribution in [0.4, 0.5) is 5.69 Å². The van der Waals surface area contributed by atoms with E-state index in [9.17, 15) is 9.59 Å². The van der Waals surface area contributed by atoms with Crippen molar-refractivity contribution in [1.82, 2.24) is 10.3 Å². The Morgan fingerprint density at radius 3 is 2.93 bits per heavy atom. The van der Waals surface area contributed by atoms with Gasteiger partial charge in [0.1, 0.15) is 5.75 Å². The minimum atomic E-state index is -0.253. The van der Waals surface area contributed by atoms with Crippen molar-refractivity contribution >= 4 is 40.4 Å². The molecule has 1 unspecified atom stereocenters. The maximum absolute atomic E-state index is 12.8. The van der Waals surface area contributed by atoms with Crippen LogP contribution in [-0.2, 0) is 4.79 Å². The molecule has 0 spiro atoms. The van der Waals surface area contributed by atoms with Crippen molar-refractivity contribution in [2.24, 2.45) is 0 Å². The van der Waals surface area contributed by atoms with Crippen LogP contribution in [-0.4, -0.2) is 23.4 Å². The van der Waals surface area contributed by atoms with Crippen molar-refractivity contribution in [2.75, 3.05) is 11.9 Å². The SMILES string of the molecule is CC(NC(=O)c1c[nH]cc1-c1ccc(Cl)s1)c1ccc2c(c1)NC(=O)CO2. The summed E-state index contributed by atoms with van der Waals surface area (Å²) in [5.41, 5.74) is 2.84. The largest absolute Gasteiger partial charge is 0.482 e. The highest BCUT2D eigenvalue weighted by Crippen LogP contribution is 2.34. The molecule has 3 aromatic rings. The molecule has 27 heavy (non-hydrogen) atoms. The summed E-state index contributed by atoms with van der Waals surface area (Å²) < 4.78 is 6.03. The maximum Gasteiger partial charge on any atom is 0.262 e. The first-order chi connectivity index (χ1) is 13.0. The molecule has 3 heterocycles. The minimum absolute atomic E-state index is 0.0155. The van der Waals surface area contributed by atoms with E-state index >= 15 is 0 Å². The number of rotatable bonds is 4. The van der Waals surface area contributed by atoms with Crippen LogP contribution < -0.4 is 15.4 Å². The van der Waals surface area contributed by atoms with E-state index in [1.54, 1.807) is 18.5 Å². The van der Waals surface area contributed by atoms with Gasteiger partial charge in [0, 0.05) is 22.8 Å². The number of H-pyrrole nitrogens is 1. The molecule has 0 saturated heterocycles. The van der Waals surface area contributed by atoms with Crippen molar-refractivity contribution in [1.29, 1.82) is 0 Å². The summed E-state index contributed by atoms with van der Waals surface area (Å²) in [5.74, 6) is 0.239. The summed E-state index contributed by atoms with van der Waals surface area (Å²) in [5, 5.41) is 5.77. The maximum atomic E-state index is 12.8. The lowest BCUT2D eigenvalue weighted by atomic mass is 10.1. The molecule has 2 aromatic heterocycles. The molecule has 1 atom stereocenters. The summed E-state index contributed by atoms with van der Waals surface area (Å²) in [6.07, 6.45) is 3.46. The molecule has 0 radical (unpaired) electrons. The Morgan fingerprint density at radius 2 is 2.15 bits per heavy atom. The molecular weight excluding hydrogens is 386 g/mol. The van der Waals surface area contributed by atoms with E-state index < -0.39 is 0 Å². The van der Waals surface area contributed by atoms with Gasteiger partial charge in [0.2, 0.25) is 0 Å². The fraction of sp³-hybridized carbons (Fsp3) is 0.158. The van der Waals surface area contributed by atoms with Gasteiger partial charge in [-0.3, -0.25) is 9.59 Å². The highest BCUT2D eigenvalue weighted by molar-refractivity contribution is 7.19. The number of hydrogen-bond donors (Lipinski definition) is 3. The number of ether oxygens (including phenoxy) is 1. The number of fused-ring (bicyclic) bond motifs is 1. The lowest BCUT2D eigenvalue weighted by Crippen LogP contribution is -2.28. The van der Waals surface area contributed by atoms with E-state index in [1.165, 1.54) is 11.3 Å². The number of benzene rings is 1. The predicted molar refractivity (Wildman–Crippen MR) is 106 cm³/mol. The fourth-order valence-corrected chi connectivity index (χ4v) is 4.02. The summed E-state index contributed by atoms with van der Waals surface area (Å²) in [6, 6.07) is 8.93. The van der Waals surface area contributed by atoms with Gasteiger partial charge in [-0.25, -0.2) is 0 Å². The molecule has 4 rings (SSSR count). The number of aromatic nitrogens is 1. The number of amides is 2. The summed E-state index contributed by atoms with van der Waals surface area (Å²) >= 11 is 7.43. The number of thiophene rings is 1. The number of anilines is 1. The van der Waals surface area contributed by atoms with Crippen LogP contribution >= 0.6 is 22.9 Å². The molecule has 3 N–H and O–H groups in total. The second-order valence-corrected chi connectivity index (χ2v) is 7.89. The van der Waals surface area contributed by atoms with Gasteiger partial charge in [0.05, 0.1) is 21.6 Å². The number of nitrogens with one attached hydrogen (secondary N) is 3. The van der Waals surface area contributed by atoms with E-state index in [1.807, 2.05) is 31.2 Å². The fourth-order valence-electron chi connectivity index (χ4n) is 2.94. The van der Waals surface area contributed by atoms with Crippen LogP contribution in [0.5, 0.6) is 5.75 Å². The molecule has 138 valence electrons. The summed E-state index contributed by atoms with van der Waals surface area (Å²) in [4.78, 5) is 28.2. The van der Waals surface area contributed by atoms with Gasteiger partial charge >= 0.3 is 0 Å². The summed E-state index contributed by atoms with van der Waals surface area (Å²) in [7, 11) is 0. The molecule has 0 bridgehead atoms. The predicted octanol–water partition coefficient (Wildman–Crippen LogP) is 4.22. The third-order valence-electron chi connectivity index (χ3n) is 4.31. The molecular formula is C19H16ClN3O3S. The molecule has 6 nitrogen and oxygen atoms in total. The smallest absolute Gasteiger partial charge is 0.262 e. The highest BCUT2D eigenvalue weighted by atomic mass is 35.5. The summed E-state index contributed by atoms with van der Waals surface area (Å²) in [6.45, 7) is 1.90. The van der Waals surface area contributed by atoms with Gasteiger partial charge in [0.15, 0.2) is 6.61 Å². The molecule has 0 saturated carbocycles. The first-order valence-corrected chi connectivity index (χ1v) is 9.50. The van der Waals surface area contributed by atoms with Crippen LogP contribution in [0.3, 0.4) is 0 Å². The number of halogens is 1. The standard InChI is InChI=1S/C19H16ClN3O3S/c1-10(11-2-3-15-14(6-11)23-18(24)9-26-15)22-19(25)13-8-21-7-12(13)16-4-5-17(20)27-16/h2-8,10,21H,9H2,1H3,(H,22,25)(H,23,24). The molecule has 1 aliphatic heterocycles. The third-order valence-corrected chi connectivity index (χ3v) is 5.58. The average molecular weight is 402 g/mol. The quantitative estimate of drug-likeness (QED) is 0.612. The average Bonchev–Trinajstić information content (AvgIpc) is 3.29. The monoisotopic (exact) mass is 401 g/mol. The Morgan fingerprint density at radius 1 is 1.30 bits per heavy atom. The van der Waals surface area contributed by atoms with E-state index in [-0.39, 0.29) is 24.5 Å². The van der Waals surface area contributed by atoms with Crippen LogP contribution in [0, 0.1) is 0 Å². The van der Waals surface area contributed by atoms with Crippen LogP contribution in [0.25, 0.3) is 10.4 Å². The van der Waals surface area contributed by atoms with Crippen molar-refractivity contribution in [2.45, 2.75) is 13.0 Å². The van der Waals surface area contributed by atoms with Gasteiger partial charge < -0.3 is 20.4 Å². The molecule has 1 aliphatic rings. The first kappa shape index (κ1) is 17.6. The molecule has 8 heteroatoms. The number of carbonyl (C=O) groups is 2. The van der Waals surface area contributed by atoms with E-state index in [0.29, 0.717) is 21.3 Å². The van der Waals surface area contributed by atoms with Crippen molar-refractivity contribution in [3.8, 4) is 16.2 Å². The number of aromatic amines is 1. The molecule has 0 aliphatic carbocycles. The van der Waals surface area contributed by atoms with E-state index in [4.69, 9.17) is 16.3 Å². The zero-order chi connectivity index (χ0) is 19.0. The Kier molecular flexibility index (Phi) is 4.63.